The van der Waals surface area contributed by atoms with E-state index < -0.39 is 23.6 Å². The molecule has 0 saturated carbocycles. The standard InChI is InChI=1S/C21H23F2N3O2/c1-15(24-20(27)17-7-8-18(22)19(23)13-17)21(28)26-11-9-25(10-12-26)14-16-5-3-2-4-6-16/h2-8,13,15H,9-12,14H2,1H3,(H,24,27)/t15-/m0/s1. The SMILES string of the molecule is C[C@H](NC(=O)c1ccc(F)c(F)c1)C(=O)N1CCN(Cc2ccccc2)CC1. The molecule has 148 valence electrons. The van der Waals surface area contributed by atoms with Crippen molar-refractivity contribution in [1.82, 2.24) is 15.1 Å². The monoisotopic (exact) mass is 387 g/mol. The predicted octanol–water partition coefficient (Wildman–Crippen LogP) is 2.43. The van der Waals surface area contributed by atoms with Gasteiger partial charge in [-0.15, -0.1) is 0 Å². The van der Waals surface area contributed by atoms with Crippen LogP contribution >= 0.6 is 0 Å². The number of carbonyl (C=O) groups excluding carboxylic acids is 2. The number of hydrogen-bond donors (Lipinski definition) is 1. The first-order valence-corrected chi connectivity index (χ1v) is 9.25. The zero-order valence-corrected chi connectivity index (χ0v) is 15.7. The van der Waals surface area contributed by atoms with Crippen LogP contribution in [0.1, 0.15) is 22.8 Å². The summed E-state index contributed by atoms with van der Waals surface area (Å²) < 4.78 is 26.3. The quantitative estimate of drug-likeness (QED) is 0.857. The average Bonchev–Trinajstić information content (AvgIpc) is 2.70. The summed E-state index contributed by atoms with van der Waals surface area (Å²) in [4.78, 5) is 28.8. The van der Waals surface area contributed by atoms with Crippen LogP contribution < -0.4 is 5.32 Å². The van der Waals surface area contributed by atoms with Crippen molar-refractivity contribution in [1.29, 1.82) is 0 Å². The summed E-state index contributed by atoms with van der Waals surface area (Å²) in [6, 6.07) is 12.3. The number of nitrogens with one attached hydrogen (secondary N) is 1. The second-order valence-corrected chi connectivity index (χ2v) is 6.91. The van der Waals surface area contributed by atoms with Crippen LogP contribution in [0.15, 0.2) is 48.5 Å². The number of benzene rings is 2. The van der Waals surface area contributed by atoms with Gasteiger partial charge in [0.2, 0.25) is 5.91 Å². The van der Waals surface area contributed by atoms with E-state index in [1.807, 2.05) is 18.2 Å². The highest BCUT2D eigenvalue weighted by Crippen LogP contribution is 2.11. The van der Waals surface area contributed by atoms with E-state index in [1.54, 1.807) is 11.8 Å². The topological polar surface area (TPSA) is 52.7 Å². The van der Waals surface area contributed by atoms with E-state index in [0.717, 1.165) is 31.8 Å². The Morgan fingerprint density at radius 3 is 2.32 bits per heavy atom. The Bertz CT molecular complexity index is 837. The molecular formula is C21H23F2N3O2. The molecule has 1 fully saturated rings. The van der Waals surface area contributed by atoms with E-state index >= 15 is 0 Å². The molecule has 0 spiro atoms. The molecule has 0 aromatic heterocycles. The average molecular weight is 387 g/mol. The lowest BCUT2D eigenvalue weighted by atomic mass is 10.1. The van der Waals surface area contributed by atoms with Gasteiger partial charge in [0.15, 0.2) is 11.6 Å². The predicted molar refractivity (Wildman–Crippen MR) is 102 cm³/mol. The van der Waals surface area contributed by atoms with Gasteiger partial charge >= 0.3 is 0 Å². The molecular weight excluding hydrogens is 364 g/mol. The molecule has 0 radical (unpaired) electrons. The van der Waals surface area contributed by atoms with Crippen molar-refractivity contribution in [2.24, 2.45) is 0 Å². The van der Waals surface area contributed by atoms with E-state index in [-0.39, 0.29) is 11.5 Å². The van der Waals surface area contributed by atoms with Crippen LogP contribution in [0, 0.1) is 11.6 Å². The maximum absolute atomic E-state index is 13.3. The number of piperazine rings is 1. The Balaban J connectivity index is 1.50. The zero-order chi connectivity index (χ0) is 20.1. The van der Waals surface area contributed by atoms with Gasteiger partial charge in [-0.3, -0.25) is 14.5 Å². The second kappa shape index (κ2) is 8.93. The largest absolute Gasteiger partial charge is 0.341 e. The number of nitrogens with zero attached hydrogens (tertiary/aromatic N) is 2. The molecule has 3 rings (SSSR count). The van der Waals surface area contributed by atoms with Crippen molar-refractivity contribution in [3.05, 3.63) is 71.3 Å². The van der Waals surface area contributed by atoms with Crippen LogP contribution in [0.3, 0.4) is 0 Å². The number of amides is 2. The fraction of sp³-hybridized carbons (Fsp3) is 0.333. The van der Waals surface area contributed by atoms with Crippen molar-refractivity contribution in [2.75, 3.05) is 26.2 Å². The minimum atomic E-state index is -1.10. The summed E-state index contributed by atoms with van der Waals surface area (Å²) >= 11 is 0. The smallest absolute Gasteiger partial charge is 0.252 e. The van der Waals surface area contributed by atoms with Crippen LogP contribution in [0.25, 0.3) is 0 Å². The van der Waals surface area contributed by atoms with Gasteiger partial charge < -0.3 is 10.2 Å². The van der Waals surface area contributed by atoms with Crippen molar-refractivity contribution in [2.45, 2.75) is 19.5 Å². The van der Waals surface area contributed by atoms with Crippen LogP contribution in [-0.2, 0) is 11.3 Å². The molecule has 1 N–H and O–H groups in total. The number of halogens is 2. The first-order chi connectivity index (χ1) is 13.4. The van der Waals surface area contributed by atoms with Crippen molar-refractivity contribution in [3.8, 4) is 0 Å². The fourth-order valence-electron chi connectivity index (χ4n) is 3.22. The van der Waals surface area contributed by atoms with Gasteiger partial charge in [-0.2, -0.15) is 0 Å². The Labute approximate surface area is 162 Å². The summed E-state index contributed by atoms with van der Waals surface area (Å²) in [7, 11) is 0. The molecule has 1 heterocycles. The molecule has 2 amide bonds. The summed E-state index contributed by atoms with van der Waals surface area (Å²) in [6.45, 7) is 5.10. The summed E-state index contributed by atoms with van der Waals surface area (Å²) in [5.74, 6) is -2.91. The summed E-state index contributed by atoms with van der Waals surface area (Å²) in [5, 5.41) is 2.56. The first kappa shape index (κ1) is 19.9. The zero-order valence-electron chi connectivity index (χ0n) is 15.7. The first-order valence-electron chi connectivity index (χ1n) is 9.25. The third kappa shape index (κ3) is 4.92. The van der Waals surface area contributed by atoms with Crippen LogP contribution in [0.5, 0.6) is 0 Å². The van der Waals surface area contributed by atoms with Gasteiger partial charge in [0.05, 0.1) is 0 Å². The number of hydrogen-bond acceptors (Lipinski definition) is 3. The van der Waals surface area contributed by atoms with Gasteiger partial charge in [-0.25, -0.2) is 8.78 Å². The van der Waals surface area contributed by atoms with E-state index in [4.69, 9.17) is 0 Å². The van der Waals surface area contributed by atoms with E-state index in [2.05, 4.69) is 22.3 Å². The Morgan fingerprint density at radius 2 is 1.68 bits per heavy atom. The molecule has 7 heteroatoms. The van der Waals surface area contributed by atoms with E-state index in [0.29, 0.717) is 13.1 Å². The number of carbonyl (C=O) groups is 2. The minimum absolute atomic E-state index is 0.0220. The van der Waals surface area contributed by atoms with Crippen LogP contribution in [-0.4, -0.2) is 53.8 Å². The maximum atomic E-state index is 13.3. The maximum Gasteiger partial charge on any atom is 0.252 e. The lowest BCUT2D eigenvalue weighted by Crippen LogP contribution is -2.53. The lowest BCUT2D eigenvalue weighted by molar-refractivity contribution is -0.134. The fourth-order valence-corrected chi connectivity index (χ4v) is 3.22. The minimum Gasteiger partial charge on any atom is -0.341 e. The normalized spacial score (nSPS) is 15.9. The molecule has 1 aliphatic heterocycles. The number of rotatable bonds is 5. The Morgan fingerprint density at radius 1 is 1.00 bits per heavy atom. The molecule has 5 nitrogen and oxygen atoms in total. The highest BCUT2D eigenvalue weighted by molar-refractivity contribution is 5.97. The van der Waals surface area contributed by atoms with Crippen molar-refractivity contribution >= 4 is 11.8 Å². The molecule has 2 aromatic rings. The van der Waals surface area contributed by atoms with Gasteiger partial charge in [-0.05, 0) is 30.7 Å². The highest BCUT2D eigenvalue weighted by atomic mass is 19.2. The summed E-state index contributed by atoms with van der Waals surface area (Å²) in [5.41, 5.74) is 1.21. The van der Waals surface area contributed by atoms with E-state index in [1.165, 1.54) is 11.6 Å². The molecule has 1 aliphatic rings. The molecule has 2 aromatic carbocycles. The van der Waals surface area contributed by atoms with Crippen LogP contribution in [0.4, 0.5) is 8.78 Å². The van der Waals surface area contributed by atoms with Gasteiger partial charge in [0.1, 0.15) is 6.04 Å². The van der Waals surface area contributed by atoms with Crippen molar-refractivity contribution in [3.63, 3.8) is 0 Å². The highest BCUT2D eigenvalue weighted by Gasteiger charge is 2.26. The lowest BCUT2D eigenvalue weighted by Gasteiger charge is -2.36. The third-order valence-corrected chi connectivity index (χ3v) is 4.83. The Kier molecular flexibility index (Phi) is 6.36. The molecule has 0 unspecified atom stereocenters. The van der Waals surface area contributed by atoms with Gasteiger partial charge in [-0.1, -0.05) is 30.3 Å². The molecule has 0 bridgehead atoms. The third-order valence-electron chi connectivity index (χ3n) is 4.83. The molecule has 1 saturated heterocycles. The molecule has 28 heavy (non-hydrogen) atoms. The van der Waals surface area contributed by atoms with Crippen molar-refractivity contribution < 1.29 is 18.4 Å². The Hall–Kier alpha value is -2.80. The van der Waals surface area contributed by atoms with E-state index in [9.17, 15) is 18.4 Å². The van der Waals surface area contributed by atoms with Gasteiger partial charge in [0, 0.05) is 38.3 Å². The second-order valence-electron chi connectivity index (χ2n) is 6.91. The summed E-state index contributed by atoms with van der Waals surface area (Å²) in [6.07, 6.45) is 0. The van der Waals surface area contributed by atoms with Gasteiger partial charge in [0.25, 0.3) is 5.91 Å². The molecule has 1 atom stereocenters. The van der Waals surface area contributed by atoms with Crippen LogP contribution in [0.2, 0.25) is 0 Å². The molecule has 0 aliphatic carbocycles.